The van der Waals surface area contributed by atoms with Gasteiger partial charge in [-0.1, -0.05) is 66.2 Å². The lowest BCUT2D eigenvalue weighted by atomic mass is 9.95. The second kappa shape index (κ2) is 7.45. The molecular formula is C24H21ClN2O2. The topological polar surface area (TPSA) is 34.1 Å². The molecule has 2 heterocycles. The average molecular weight is 405 g/mol. The van der Waals surface area contributed by atoms with Crippen LogP contribution >= 0.6 is 11.6 Å². The Bertz CT molecular complexity index is 1050. The molecule has 146 valence electrons. The molecule has 0 spiro atoms. The first-order valence-corrected chi connectivity index (χ1v) is 10.2. The van der Waals surface area contributed by atoms with Crippen molar-refractivity contribution in [1.82, 2.24) is 5.01 Å². The summed E-state index contributed by atoms with van der Waals surface area (Å²) in [6.45, 7) is 2.57. The second-order valence-electron chi connectivity index (χ2n) is 7.14. The van der Waals surface area contributed by atoms with Gasteiger partial charge in [0.1, 0.15) is 0 Å². The van der Waals surface area contributed by atoms with E-state index >= 15 is 0 Å². The molecule has 4 nitrogen and oxygen atoms in total. The lowest BCUT2D eigenvalue weighted by molar-refractivity contribution is -0.0212. The molecule has 3 aromatic carbocycles. The normalized spacial score (nSPS) is 19.8. The standard InChI is InChI=1S/C24H21ClN2O2/c1-2-28-22-10-6-9-19-21-15-20(16-7-4-3-5-8-16)26-27(21)24(29-23(19)22)17-11-13-18(25)14-12-17/h3-14,21,24H,2,15H2,1H3/t21-,24-/m0/s1. The Balaban J connectivity index is 1.61. The molecule has 29 heavy (non-hydrogen) atoms. The highest BCUT2D eigenvalue weighted by Crippen LogP contribution is 2.50. The molecule has 0 fully saturated rings. The zero-order chi connectivity index (χ0) is 19.8. The van der Waals surface area contributed by atoms with Crippen LogP contribution in [-0.4, -0.2) is 17.3 Å². The quantitative estimate of drug-likeness (QED) is 0.536. The smallest absolute Gasteiger partial charge is 0.214 e. The number of hydrogen-bond donors (Lipinski definition) is 0. The third-order valence-electron chi connectivity index (χ3n) is 5.34. The van der Waals surface area contributed by atoms with Gasteiger partial charge >= 0.3 is 0 Å². The van der Waals surface area contributed by atoms with Gasteiger partial charge in [0.2, 0.25) is 6.23 Å². The summed E-state index contributed by atoms with van der Waals surface area (Å²) in [6, 6.07) is 24.3. The van der Waals surface area contributed by atoms with E-state index in [9.17, 15) is 0 Å². The SMILES string of the molecule is CCOc1cccc2c1O[C@@H](c1ccc(Cl)cc1)N1N=C(c3ccccc3)C[C@@H]21. The summed E-state index contributed by atoms with van der Waals surface area (Å²) in [5.74, 6) is 1.58. The maximum Gasteiger partial charge on any atom is 0.214 e. The van der Waals surface area contributed by atoms with E-state index in [1.807, 2.05) is 61.5 Å². The molecule has 2 aliphatic rings. The highest BCUT2D eigenvalue weighted by molar-refractivity contribution is 6.30. The molecule has 0 aromatic heterocycles. The summed E-state index contributed by atoms with van der Waals surface area (Å²) in [7, 11) is 0. The van der Waals surface area contributed by atoms with Crippen LogP contribution in [0.1, 0.15) is 42.3 Å². The van der Waals surface area contributed by atoms with Gasteiger partial charge in [0.15, 0.2) is 11.5 Å². The van der Waals surface area contributed by atoms with Gasteiger partial charge in [-0.25, -0.2) is 5.01 Å². The molecule has 5 heteroatoms. The van der Waals surface area contributed by atoms with E-state index in [1.165, 1.54) is 0 Å². The number of halogens is 1. The summed E-state index contributed by atoms with van der Waals surface area (Å²) < 4.78 is 12.4. The molecule has 0 bridgehead atoms. The van der Waals surface area contributed by atoms with Crippen molar-refractivity contribution in [3.63, 3.8) is 0 Å². The van der Waals surface area contributed by atoms with Crippen LogP contribution < -0.4 is 9.47 Å². The van der Waals surface area contributed by atoms with E-state index in [0.29, 0.717) is 11.6 Å². The maximum absolute atomic E-state index is 6.49. The van der Waals surface area contributed by atoms with E-state index in [1.54, 1.807) is 0 Å². The summed E-state index contributed by atoms with van der Waals surface area (Å²) in [5, 5.41) is 7.76. The van der Waals surface area contributed by atoms with Crippen molar-refractivity contribution in [2.45, 2.75) is 25.6 Å². The van der Waals surface area contributed by atoms with Gasteiger partial charge in [-0.2, -0.15) is 5.10 Å². The van der Waals surface area contributed by atoms with Crippen LogP contribution in [-0.2, 0) is 0 Å². The summed E-state index contributed by atoms with van der Waals surface area (Å²) >= 11 is 6.11. The number of para-hydroxylation sites is 1. The lowest BCUT2D eigenvalue weighted by Gasteiger charge is -2.38. The molecule has 5 rings (SSSR count). The van der Waals surface area contributed by atoms with Crippen molar-refractivity contribution in [1.29, 1.82) is 0 Å². The number of rotatable bonds is 4. The van der Waals surface area contributed by atoms with Crippen LogP contribution in [0, 0.1) is 0 Å². The van der Waals surface area contributed by atoms with Gasteiger partial charge in [-0.05, 0) is 30.7 Å². The number of ether oxygens (including phenoxy) is 2. The molecule has 0 unspecified atom stereocenters. The van der Waals surface area contributed by atoms with Gasteiger partial charge < -0.3 is 9.47 Å². The minimum Gasteiger partial charge on any atom is -0.490 e. The third-order valence-corrected chi connectivity index (χ3v) is 5.59. The van der Waals surface area contributed by atoms with E-state index < -0.39 is 0 Å². The van der Waals surface area contributed by atoms with E-state index in [2.05, 4.69) is 23.2 Å². The lowest BCUT2D eigenvalue weighted by Crippen LogP contribution is -2.33. The average Bonchev–Trinajstić information content (AvgIpc) is 3.21. The fraction of sp³-hybridized carbons (Fsp3) is 0.208. The van der Waals surface area contributed by atoms with E-state index in [0.717, 1.165) is 40.3 Å². The first-order valence-electron chi connectivity index (χ1n) is 9.83. The summed E-state index contributed by atoms with van der Waals surface area (Å²) in [4.78, 5) is 0. The van der Waals surface area contributed by atoms with Crippen molar-refractivity contribution in [3.05, 3.63) is 94.5 Å². The molecule has 2 aliphatic heterocycles. The summed E-state index contributed by atoms with van der Waals surface area (Å²) in [5.41, 5.74) is 4.32. The highest BCUT2D eigenvalue weighted by atomic mass is 35.5. The highest BCUT2D eigenvalue weighted by Gasteiger charge is 2.42. The molecular weight excluding hydrogens is 384 g/mol. The molecule has 0 saturated heterocycles. The predicted octanol–water partition coefficient (Wildman–Crippen LogP) is 5.98. The van der Waals surface area contributed by atoms with Crippen molar-refractivity contribution in [2.75, 3.05) is 6.61 Å². The fourth-order valence-electron chi connectivity index (χ4n) is 4.01. The van der Waals surface area contributed by atoms with Crippen molar-refractivity contribution < 1.29 is 9.47 Å². The fourth-order valence-corrected chi connectivity index (χ4v) is 4.13. The van der Waals surface area contributed by atoms with Crippen molar-refractivity contribution in [3.8, 4) is 11.5 Å². The Morgan fingerprint density at radius 1 is 1.03 bits per heavy atom. The van der Waals surface area contributed by atoms with Crippen molar-refractivity contribution >= 4 is 17.3 Å². The first-order chi connectivity index (χ1) is 14.2. The van der Waals surface area contributed by atoms with Crippen LogP contribution in [0.25, 0.3) is 0 Å². The van der Waals surface area contributed by atoms with Gasteiger partial charge in [-0.3, -0.25) is 0 Å². The van der Waals surface area contributed by atoms with Crippen LogP contribution in [0.3, 0.4) is 0 Å². The zero-order valence-corrected chi connectivity index (χ0v) is 16.8. The molecule has 3 aromatic rings. The predicted molar refractivity (Wildman–Crippen MR) is 115 cm³/mol. The number of benzene rings is 3. The van der Waals surface area contributed by atoms with Crippen LogP contribution in [0.5, 0.6) is 11.5 Å². The Hall–Kier alpha value is -2.98. The Kier molecular flexibility index (Phi) is 4.64. The number of hydrazone groups is 1. The van der Waals surface area contributed by atoms with Gasteiger partial charge in [0.25, 0.3) is 0 Å². The third kappa shape index (κ3) is 3.23. The van der Waals surface area contributed by atoms with Gasteiger partial charge in [0.05, 0.1) is 18.4 Å². The number of fused-ring (bicyclic) bond motifs is 3. The Morgan fingerprint density at radius 3 is 2.59 bits per heavy atom. The van der Waals surface area contributed by atoms with Gasteiger partial charge in [-0.15, -0.1) is 0 Å². The molecule has 0 amide bonds. The minimum atomic E-state index is -0.340. The van der Waals surface area contributed by atoms with Crippen LogP contribution in [0.2, 0.25) is 5.02 Å². The van der Waals surface area contributed by atoms with Crippen molar-refractivity contribution in [2.24, 2.45) is 5.10 Å². The molecule has 0 saturated carbocycles. The largest absolute Gasteiger partial charge is 0.490 e. The molecule has 2 atom stereocenters. The monoisotopic (exact) mass is 404 g/mol. The number of nitrogens with zero attached hydrogens (tertiary/aromatic N) is 2. The maximum atomic E-state index is 6.49. The van der Waals surface area contributed by atoms with Gasteiger partial charge in [0, 0.05) is 22.6 Å². The Labute approximate surface area is 175 Å². The summed E-state index contributed by atoms with van der Waals surface area (Å²) in [6.07, 6.45) is 0.479. The van der Waals surface area contributed by atoms with Crippen LogP contribution in [0.15, 0.2) is 77.9 Å². The first kappa shape index (κ1) is 18.1. The van der Waals surface area contributed by atoms with E-state index in [-0.39, 0.29) is 12.3 Å². The molecule has 0 radical (unpaired) electrons. The minimum absolute atomic E-state index is 0.0926. The Morgan fingerprint density at radius 2 is 1.83 bits per heavy atom. The zero-order valence-electron chi connectivity index (χ0n) is 16.1. The second-order valence-corrected chi connectivity index (χ2v) is 7.58. The number of hydrogen-bond acceptors (Lipinski definition) is 4. The molecule has 0 aliphatic carbocycles. The molecule has 0 N–H and O–H groups in total. The van der Waals surface area contributed by atoms with E-state index in [4.69, 9.17) is 26.2 Å². The van der Waals surface area contributed by atoms with Crippen LogP contribution in [0.4, 0.5) is 0 Å².